The maximum absolute atomic E-state index is 13.7. The van der Waals surface area contributed by atoms with E-state index in [1.165, 1.54) is 13.8 Å². The summed E-state index contributed by atoms with van der Waals surface area (Å²) in [7, 11) is -4.80. The van der Waals surface area contributed by atoms with Crippen molar-refractivity contribution in [2.24, 2.45) is 0 Å². The van der Waals surface area contributed by atoms with Gasteiger partial charge < -0.3 is 5.11 Å². The fourth-order valence-corrected chi connectivity index (χ4v) is 4.73. The average Bonchev–Trinajstić information content (AvgIpc) is 3.05. The van der Waals surface area contributed by atoms with Crippen molar-refractivity contribution in [1.82, 2.24) is 19.6 Å². The van der Waals surface area contributed by atoms with Gasteiger partial charge >= 0.3 is 22.2 Å². The molecule has 0 saturated carbocycles. The van der Waals surface area contributed by atoms with Crippen LogP contribution < -0.4 is 4.31 Å². The monoisotopic (exact) mass is 457 g/mol. The van der Waals surface area contributed by atoms with Gasteiger partial charge in [0.2, 0.25) is 0 Å². The fourth-order valence-electron chi connectivity index (χ4n) is 3.18. The topological polar surface area (TPSA) is 118 Å². The minimum absolute atomic E-state index is 0.0534. The number of nitrogens with zero attached hydrogens (tertiary/aromatic N) is 5. The van der Waals surface area contributed by atoms with Gasteiger partial charge in [0.1, 0.15) is 0 Å². The third kappa shape index (κ3) is 3.92. The number of aryl methyl sites for hydroxylation is 2. The molecule has 9 nitrogen and oxygen atoms in total. The molecule has 0 saturated heterocycles. The molecule has 3 aromatic rings. The molecular formula is C18H18F3N5O4S. The predicted octanol–water partition coefficient (Wildman–Crippen LogP) is 3.06. The number of aromatic carboxylic acids is 1. The van der Waals surface area contributed by atoms with Crippen LogP contribution >= 0.6 is 0 Å². The van der Waals surface area contributed by atoms with E-state index in [0.29, 0.717) is 21.8 Å². The largest absolute Gasteiger partial charge is 0.478 e. The number of carbonyl (C=O) groups is 1. The van der Waals surface area contributed by atoms with E-state index in [1.54, 1.807) is 19.9 Å². The van der Waals surface area contributed by atoms with Gasteiger partial charge in [-0.2, -0.15) is 26.6 Å². The number of carboxylic acid groups (broad SMARTS) is 1. The smallest absolute Gasteiger partial charge is 0.418 e. The lowest BCUT2D eigenvalue weighted by Crippen LogP contribution is -2.40. The number of carboxylic acids is 1. The van der Waals surface area contributed by atoms with E-state index in [2.05, 4.69) is 15.1 Å². The zero-order chi connectivity index (χ0) is 23.3. The first-order valence-electron chi connectivity index (χ1n) is 8.94. The van der Waals surface area contributed by atoms with Gasteiger partial charge in [-0.25, -0.2) is 14.3 Å². The molecule has 0 fully saturated rings. The van der Waals surface area contributed by atoms with Crippen molar-refractivity contribution in [3.63, 3.8) is 0 Å². The van der Waals surface area contributed by atoms with Gasteiger partial charge in [-0.05, 0) is 45.9 Å². The standard InChI is InChI=1S/C18H18F3N5O4S/c1-9(2)26(14-12(15(27)28)6-5-7-13(14)18(19,20)21)31(29,30)17-23-16-22-10(3)8-11(4)25(16)24-17/h5-9H,1-4H3,(H,27,28). The number of halogens is 3. The van der Waals surface area contributed by atoms with E-state index >= 15 is 0 Å². The number of hydrogen-bond donors (Lipinski definition) is 1. The van der Waals surface area contributed by atoms with Gasteiger partial charge in [0.15, 0.2) is 0 Å². The molecule has 1 N–H and O–H groups in total. The molecule has 0 aliphatic heterocycles. The second kappa shape index (κ2) is 7.48. The van der Waals surface area contributed by atoms with Gasteiger partial charge in [0.05, 0.1) is 16.8 Å². The van der Waals surface area contributed by atoms with Crippen LogP contribution in [0.15, 0.2) is 29.4 Å². The van der Waals surface area contributed by atoms with Crippen LogP contribution in [0.4, 0.5) is 18.9 Å². The number of benzene rings is 1. The molecule has 0 atom stereocenters. The van der Waals surface area contributed by atoms with Crippen molar-refractivity contribution in [3.8, 4) is 0 Å². The van der Waals surface area contributed by atoms with Crippen LogP contribution in [0.3, 0.4) is 0 Å². The van der Waals surface area contributed by atoms with Crippen LogP contribution in [0, 0.1) is 13.8 Å². The van der Waals surface area contributed by atoms with E-state index in [9.17, 15) is 31.5 Å². The molecule has 0 unspecified atom stereocenters. The van der Waals surface area contributed by atoms with E-state index < -0.39 is 50.2 Å². The summed E-state index contributed by atoms with van der Waals surface area (Å²) in [5.74, 6) is -1.76. The Morgan fingerprint density at radius 2 is 1.84 bits per heavy atom. The summed E-state index contributed by atoms with van der Waals surface area (Å²) in [6.07, 6.45) is -5.01. The molecule has 0 spiro atoms. The van der Waals surface area contributed by atoms with Crippen LogP contribution in [-0.2, 0) is 16.2 Å². The molecule has 2 heterocycles. The van der Waals surface area contributed by atoms with E-state index in [0.717, 1.165) is 16.6 Å². The Balaban J connectivity index is 2.34. The lowest BCUT2D eigenvalue weighted by Gasteiger charge is -2.30. The first-order chi connectivity index (χ1) is 14.2. The Morgan fingerprint density at radius 1 is 1.19 bits per heavy atom. The van der Waals surface area contributed by atoms with Crippen molar-refractivity contribution in [2.75, 3.05) is 4.31 Å². The van der Waals surface area contributed by atoms with Crippen LogP contribution in [-0.4, -0.2) is 45.1 Å². The minimum Gasteiger partial charge on any atom is -0.478 e. The number of alkyl halides is 3. The molecule has 3 rings (SSSR count). The Kier molecular flexibility index (Phi) is 5.42. The molecule has 0 aliphatic rings. The van der Waals surface area contributed by atoms with E-state index in [-0.39, 0.29) is 5.78 Å². The summed E-state index contributed by atoms with van der Waals surface area (Å²) in [6.45, 7) is 5.93. The number of aromatic nitrogens is 4. The van der Waals surface area contributed by atoms with Crippen LogP contribution in [0.5, 0.6) is 0 Å². The highest BCUT2D eigenvalue weighted by Gasteiger charge is 2.42. The zero-order valence-electron chi connectivity index (χ0n) is 16.8. The quantitative estimate of drug-likeness (QED) is 0.626. The lowest BCUT2D eigenvalue weighted by molar-refractivity contribution is -0.137. The van der Waals surface area contributed by atoms with Gasteiger partial charge in [-0.3, -0.25) is 4.31 Å². The van der Waals surface area contributed by atoms with Crippen molar-refractivity contribution in [2.45, 2.75) is 45.1 Å². The summed E-state index contributed by atoms with van der Waals surface area (Å²) in [5, 5.41) is 12.6. The van der Waals surface area contributed by atoms with Gasteiger partial charge in [-0.1, -0.05) is 6.07 Å². The third-order valence-corrected chi connectivity index (χ3v) is 6.11. The van der Waals surface area contributed by atoms with Crippen molar-refractivity contribution >= 4 is 27.5 Å². The Labute approximate surface area is 175 Å². The third-order valence-electron chi connectivity index (χ3n) is 4.35. The first-order valence-corrected chi connectivity index (χ1v) is 10.4. The summed E-state index contributed by atoms with van der Waals surface area (Å²) in [4.78, 5) is 19.6. The molecule has 0 bridgehead atoms. The fraction of sp³-hybridized carbons (Fsp3) is 0.333. The molecule has 31 heavy (non-hydrogen) atoms. The van der Waals surface area contributed by atoms with Gasteiger partial charge in [0.25, 0.3) is 10.9 Å². The minimum atomic E-state index is -5.01. The summed E-state index contributed by atoms with van der Waals surface area (Å²) in [6, 6.07) is 2.97. The number of rotatable bonds is 5. The highest BCUT2D eigenvalue weighted by molar-refractivity contribution is 7.92. The molecule has 1 aromatic carbocycles. The number of sulfonamides is 1. The molecule has 0 amide bonds. The molecule has 13 heteroatoms. The second-order valence-electron chi connectivity index (χ2n) is 7.04. The Bertz CT molecular complexity index is 1290. The summed E-state index contributed by atoms with van der Waals surface area (Å²) in [5.41, 5.74) is -2.18. The molecule has 2 aromatic heterocycles. The molecule has 166 valence electrons. The first kappa shape index (κ1) is 22.5. The highest BCUT2D eigenvalue weighted by atomic mass is 32.2. The summed E-state index contributed by atoms with van der Waals surface area (Å²) < 4.78 is 69.5. The normalized spacial score (nSPS) is 12.5. The SMILES string of the molecule is Cc1cc(C)n2nc(S(=O)(=O)N(c3c(C(=O)O)cccc3C(F)(F)F)C(C)C)nc2n1. The van der Waals surface area contributed by atoms with Crippen molar-refractivity contribution in [3.05, 3.63) is 46.8 Å². The van der Waals surface area contributed by atoms with Crippen molar-refractivity contribution in [1.29, 1.82) is 0 Å². The predicted molar refractivity (Wildman–Crippen MR) is 103 cm³/mol. The van der Waals surface area contributed by atoms with Gasteiger partial charge in [0, 0.05) is 17.4 Å². The van der Waals surface area contributed by atoms with Crippen LogP contribution in [0.2, 0.25) is 0 Å². The van der Waals surface area contributed by atoms with Gasteiger partial charge in [-0.15, -0.1) is 5.10 Å². The number of para-hydroxylation sites is 1. The van der Waals surface area contributed by atoms with E-state index in [1.807, 2.05) is 0 Å². The maximum atomic E-state index is 13.7. The zero-order valence-corrected chi connectivity index (χ0v) is 17.7. The highest BCUT2D eigenvalue weighted by Crippen LogP contribution is 2.41. The van der Waals surface area contributed by atoms with Crippen LogP contribution in [0.25, 0.3) is 5.78 Å². The van der Waals surface area contributed by atoms with Crippen molar-refractivity contribution < 1.29 is 31.5 Å². The molecule has 0 aliphatic carbocycles. The molecule has 0 radical (unpaired) electrons. The number of hydrogen-bond acceptors (Lipinski definition) is 6. The Hall–Kier alpha value is -3.22. The molecular weight excluding hydrogens is 439 g/mol. The van der Waals surface area contributed by atoms with Crippen LogP contribution in [0.1, 0.15) is 41.2 Å². The average molecular weight is 457 g/mol. The summed E-state index contributed by atoms with van der Waals surface area (Å²) >= 11 is 0. The Morgan fingerprint density at radius 3 is 2.39 bits per heavy atom. The number of fused-ring (bicyclic) bond motifs is 1. The maximum Gasteiger partial charge on any atom is 0.418 e. The lowest BCUT2D eigenvalue weighted by atomic mass is 10.1. The number of anilines is 1. The second-order valence-corrected chi connectivity index (χ2v) is 8.75. The van der Waals surface area contributed by atoms with E-state index in [4.69, 9.17) is 0 Å².